The molecule has 0 saturated heterocycles. The molecule has 0 spiro atoms. The van der Waals surface area contributed by atoms with E-state index in [1.165, 1.54) is 10.4 Å². The molecular formula is C15H16N2S. The van der Waals surface area contributed by atoms with E-state index in [-0.39, 0.29) is 0 Å². The Morgan fingerprint density at radius 3 is 2.78 bits per heavy atom. The summed E-state index contributed by atoms with van der Waals surface area (Å²) in [7, 11) is 0. The summed E-state index contributed by atoms with van der Waals surface area (Å²) in [5.41, 5.74) is 2.11. The van der Waals surface area contributed by atoms with Gasteiger partial charge >= 0.3 is 0 Å². The Hall–Kier alpha value is -1.63. The van der Waals surface area contributed by atoms with Crippen LogP contribution in [-0.4, -0.2) is 6.54 Å². The van der Waals surface area contributed by atoms with Gasteiger partial charge in [-0.1, -0.05) is 37.3 Å². The lowest BCUT2D eigenvalue weighted by Crippen LogP contribution is -2.19. The van der Waals surface area contributed by atoms with Crippen molar-refractivity contribution in [2.24, 2.45) is 0 Å². The van der Waals surface area contributed by atoms with Gasteiger partial charge in [-0.25, -0.2) is 0 Å². The van der Waals surface area contributed by atoms with Crippen LogP contribution in [0.5, 0.6) is 0 Å². The fourth-order valence-corrected chi connectivity index (χ4v) is 2.62. The molecule has 1 aromatic carbocycles. The third kappa shape index (κ3) is 3.43. The quantitative estimate of drug-likeness (QED) is 0.888. The zero-order valence-corrected chi connectivity index (χ0v) is 11.2. The molecule has 92 valence electrons. The molecule has 2 aromatic rings. The van der Waals surface area contributed by atoms with Crippen LogP contribution in [0.15, 0.2) is 41.8 Å². The van der Waals surface area contributed by atoms with E-state index in [1.54, 1.807) is 11.3 Å². The van der Waals surface area contributed by atoms with Gasteiger partial charge in [0.1, 0.15) is 6.07 Å². The summed E-state index contributed by atoms with van der Waals surface area (Å²) in [6.45, 7) is 4.00. The van der Waals surface area contributed by atoms with E-state index in [0.29, 0.717) is 5.92 Å². The van der Waals surface area contributed by atoms with Crippen LogP contribution in [0.2, 0.25) is 0 Å². The highest BCUT2D eigenvalue weighted by atomic mass is 32.1. The summed E-state index contributed by atoms with van der Waals surface area (Å²) in [5.74, 6) is 0.501. The summed E-state index contributed by atoms with van der Waals surface area (Å²) in [6, 6.07) is 14.6. The van der Waals surface area contributed by atoms with E-state index in [0.717, 1.165) is 18.7 Å². The van der Waals surface area contributed by atoms with Crippen LogP contribution in [0.1, 0.15) is 28.8 Å². The number of thiophene rings is 1. The summed E-state index contributed by atoms with van der Waals surface area (Å²) in [5, 5.41) is 14.1. The number of nitrogens with zero attached hydrogens (tertiary/aromatic N) is 1. The van der Waals surface area contributed by atoms with Crippen molar-refractivity contribution in [1.29, 1.82) is 5.26 Å². The monoisotopic (exact) mass is 256 g/mol. The Morgan fingerprint density at radius 1 is 1.33 bits per heavy atom. The molecule has 0 radical (unpaired) electrons. The fourth-order valence-electron chi connectivity index (χ4n) is 1.84. The highest BCUT2D eigenvalue weighted by Gasteiger charge is 2.04. The number of hydrogen-bond acceptors (Lipinski definition) is 3. The lowest BCUT2D eigenvalue weighted by Gasteiger charge is -2.12. The van der Waals surface area contributed by atoms with Gasteiger partial charge in [-0.2, -0.15) is 5.26 Å². The van der Waals surface area contributed by atoms with Gasteiger partial charge < -0.3 is 5.32 Å². The van der Waals surface area contributed by atoms with Gasteiger partial charge in [-0.05, 0) is 17.5 Å². The Morgan fingerprint density at radius 2 is 2.11 bits per heavy atom. The first kappa shape index (κ1) is 12.8. The zero-order valence-electron chi connectivity index (χ0n) is 10.4. The molecule has 0 bridgehead atoms. The maximum atomic E-state index is 8.75. The molecule has 0 aliphatic heterocycles. The molecule has 2 rings (SSSR count). The van der Waals surface area contributed by atoms with Crippen molar-refractivity contribution in [1.82, 2.24) is 5.32 Å². The maximum Gasteiger partial charge on any atom is 0.100 e. The second-order valence-electron chi connectivity index (χ2n) is 4.36. The first-order valence-corrected chi connectivity index (χ1v) is 6.90. The Kier molecular flexibility index (Phi) is 4.52. The highest BCUT2D eigenvalue weighted by Crippen LogP contribution is 2.15. The minimum atomic E-state index is 0.501. The lowest BCUT2D eigenvalue weighted by molar-refractivity contribution is 0.619. The van der Waals surface area contributed by atoms with Crippen LogP contribution < -0.4 is 5.32 Å². The predicted molar refractivity (Wildman–Crippen MR) is 75.6 cm³/mol. The van der Waals surface area contributed by atoms with Gasteiger partial charge in [0.25, 0.3) is 0 Å². The number of nitrogens with one attached hydrogen (secondary N) is 1. The average molecular weight is 256 g/mol. The predicted octanol–water partition coefficient (Wildman–Crippen LogP) is 3.51. The summed E-state index contributed by atoms with van der Waals surface area (Å²) < 4.78 is 0. The average Bonchev–Trinajstić information content (AvgIpc) is 2.87. The highest BCUT2D eigenvalue weighted by molar-refractivity contribution is 7.10. The number of rotatable bonds is 5. The number of hydrogen-bond donors (Lipinski definition) is 1. The zero-order chi connectivity index (χ0) is 12.8. The molecule has 1 heterocycles. The van der Waals surface area contributed by atoms with Crippen LogP contribution in [0.3, 0.4) is 0 Å². The van der Waals surface area contributed by atoms with Crippen LogP contribution >= 0.6 is 11.3 Å². The van der Waals surface area contributed by atoms with Crippen molar-refractivity contribution >= 4 is 11.3 Å². The topological polar surface area (TPSA) is 35.8 Å². The summed E-state index contributed by atoms with van der Waals surface area (Å²) in [6.07, 6.45) is 0. The summed E-state index contributed by atoms with van der Waals surface area (Å²) in [4.78, 5) is 1.21. The molecule has 1 N–H and O–H groups in total. The first-order valence-electron chi connectivity index (χ1n) is 6.03. The smallest absolute Gasteiger partial charge is 0.100 e. The van der Waals surface area contributed by atoms with E-state index in [2.05, 4.69) is 42.6 Å². The van der Waals surface area contributed by atoms with E-state index in [4.69, 9.17) is 5.26 Å². The molecule has 0 aliphatic rings. The normalized spacial score (nSPS) is 12.0. The van der Waals surface area contributed by atoms with E-state index < -0.39 is 0 Å². The van der Waals surface area contributed by atoms with Crippen molar-refractivity contribution in [2.75, 3.05) is 6.54 Å². The van der Waals surface area contributed by atoms with Gasteiger partial charge in [-0.15, -0.1) is 11.3 Å². The standard InChI is InChI=1S/C15H16N2S/c1-12(14-5-3-2-4-6-14)9-17-10-15-7-13(8-16)11-18-15/h2-7,11-12,17H,9-10H2,1H3. The molecule has 1 atom stereocenters. The molecule has 2 nitrogen and oxygen atoms in total. The molecule has 1 unspecified atom stereocenters. The molecule has 18 heavy (non-hydrogen) atoms. The van der Waals surface area contributed by atoms with E-state index in [9.17, 15) is 0 Å². The number of benzene rings is 1. The first-order chi connectivity index (χ1) is 8.79. The third-order valence-corrected chi connectivity index (χ3v) is 3.84. The lowest BCUT2D eigenvalue weighted by atomic mass is 10.0. The molecule has 0 aliphatic carbocycles. The summed E-state index contributed by atoms with van der Waals surface area (Å²) >= 11 is 1.64. The fraction of sp³-hybridized carbons (Fsp3) is 0.267. The van der Waals surface area contributed by atoms with Crippen molar-refractivity contribution in [3.63, 3.8) is 0 Å². The van der Waals surface area contributed by atoms with Crippen LogP contribution in [0, 0.1) is 11.3 Å². The van der Waals surface area contributed by atoms with Gasteiger partial charge in [0.15, 0.2) is 0 Å². The minimum Gasteiger partial charge on any atom is -0.311 e. The van der Waals surface area contributed by atoms with Crippen molar-refractivity contribution < 1.29 is 0 Å². The SMILES string of the molecule is CC(CNCc1cc(C#N)cs1)c1ccccc1. The van der Waals surface area contributed by atoms with Crippen molar-refractivity contribution in [2.45, 2.75) is 19.4 Å². The second-order valence-corrected chi connectivity index (χ2v) is 5.35. The number of nitriles is 1. The van der Waals surface area contributed by atoms with Gasteiger partial charge in [0, 0.05) is 23.3 Å². The second kappa shape index (κ2) is 6.34. The van der Waals surface area contributed by atoms with Gasteiger partial charge in [0.05, 0.1) is 5.56 Å². The largest absolute Gasteiger partial charge is 0.311 e. The van der Waals surface area contributed by atoms with Gasteiger partial charge in [-0.3, -0.25) is 0 Å². The van der Waals surface area contributed by atoms with Crippen molar-refractivity contribution in [3.05, 3.63) is 57.8 Å². The Bertz CT molecular complexity index is 525. The van der Waals surface area contributed by atoms with E-state index >= 15 is 0 Å². The van der Waals surface area contributed by atoms with E-state index in [1.807, 2.05) is 17.5 Å². The molecular weight excluding hydrogens is 240 g/mol. The molecule has 0 amide bonds. The molecule has 0 saturated carbocycles. The molecule has 3 heteroatoms. The van der Waals surface area contributed by atoms with Crippen molar-refractivity contribution in [3.8, 4) is 6.07 Å². The van der Waals surface area contributed by atoms with Crippen LogP contribution in [-0.2, 0) is 6.54 Å². The Balaban J connectivity index is 1.80. The Labute approximate surface area is 112 Å². The molecule has 0 fully saturated rings. The minimum absolute atomic E-state index is 0.501. The van der Waals surface area contributed by atoms with Crippen LogP contribution in [0.25, 0.3) is 0 Å². The van der Waals surface area contributed by atoms with Gasteiger partial charge in [0.2, 0.25) is 0 Å². The molecule has 1 aromatic heterocycles. The maximum absolute atomic E-state index is 8.75. The van der Waals surface area contributed by atoms with Crippen LogP contribution in [0.4, 0.5) is 0 Å². The third-order valence-electron chi connectivity index (χ3n) is 2.90.